The van der Waals surface area contributed by atoms with E-state index in [1.807, 2.05) is 6.07 Å². The van der Waals surface area contributed by atoms with Crippen LogP contribution in [0.15, 0.2) is 18.3 Å². The van der Waals surface area contributed by atoms with Gasteiger partial charge in [0.2, 0.25) is 5.91 Å². The average Bonchev–Trinajstić information content (AvgIpc) is 2.29. The van der Waals surface area contributed by atoms with Gasteiger partial charge in [-0.25, -0.2) is 4.98 Å². The largest absolute Gasteiger partial charge is 0.382 e. The van der Waals surface area contributed by atoms with E-state index in [2.05, 4.69) is 10.3 Å². The zero-order chi connectivity index (χ0) is 12.0. The van der Waals surface area contributed by atoms with Crippen molar-refractivity contribution in [3.8, 4) is 6.07 Å². The molecule has 0 fully saturated rings. The molecule has 1 amide bonds. The first-order valence-corrected chi connectivity index (χ1v) is 4.66. The fourth-order valence-electron chi connectivity index (χ4n) is 1.10. The van der Waals surface area contributed by atoms with Gasteiger partial charge in [-0.15, -0.1) is 0 Å². The first-order valence-electron chi connectivity index (χ1n) is 4.66. The Kier molecular flexibility index (Phi) is 4.39. The molecule has 6 nitrogen and oxygen atoms in total. The predicted molar refractivity (Wildman–Crippen MR) is 55.9 cm³/mol. The minimum atomic E-state index is -1.20. The fraction of sp³-hybridized carbons (Fsp3) is 0.300. The van der Waals surface area contributed by atoms with Gasteiger partial charge in [0.25, 0.3) is 0 Å². The number of hydrogen-bond acceptors (Lipinski definition) is 5. The van der Waals surface area contributed by atoms with E-state index in [1.54, 1.807) is 12.1 Å². The van der Waals surface area contributed by atoms with E-state index >= 15 is 0 Å². The molecule has 1 unspecified atom stereocenters. The van der Waals surface area contributed by atoms with Crippen LogP contribution in [0.1, 0.15) is 11.3 Å². The Labute approximate surface area is 92.7 Å². The summed E-state index contributed by atoms with van der Waals surface area (Å²) >= 11 is 0. The number of carbonyl (C=O) groups excluding carboxylic acids is 1. The lowest BCUT2D eigenvalue weighted by molar-refractivity contribution is -0.125. The van der Waals surface area contributed by atoms with E-state index in [1.165, 1.54) is 6.20 Å². The lowest BCUT2D eigenvalue weighted by atomic mass is 10.2. The van der Waals surface area contributed by atoms with Crippen LogP contribution in [0, 0.1) is 11.3 Å². The van der Waals surface area contributed by atoms with Crippen LogP contribution in [0.2, 0.25) is 0 Å². The molecule has 6 heteroatoms. The van der Waals surface area contributed by atoms with Gasteiger partial charge in [0.05, 0.1) is 0 Å². The van der Waals surface area contributed by atoms with Gasteiger partial charge >= 0.3 is 0 Å². The number of aliphatic hydroxyl groups excluding tert-OH is 1. The average molecular weight is 220 g/mol. The summed E-state index contributed by atoms with van der Waals surface area (Å²) in [4.78, 5) is 14.3. The number of amides is 1. The Balaban J connectivity index is 2.43. The van der Waals surface area contributed by atoms with Crippen LogP contribution < -0.4 is 11.1 Å². The first kappa shape index (κ1) is 12.1. The third-order valence-corrected chi connectivity index (χ3v) is 1.93. The summed E-state index contributed by atoms with van der Waals surface area (Å²) < 4.78 is 0. The van der Waals surface area contributed by atoms with Crippen LogP contribution in [-0.2, 0) is 11.3 Å². The minimum Gasteiger partial charge on any atom is -0.382 e. The number of nitrogens with two attached hydrogens (primary N) is 1. The lowest BCUT2D eigenvalue weighted by Crippen LogP contribution is -2.37. The van der Waals surface area contributed by atoms with Gasteiger partial charge in [0.15, 0.2) is 0 Å². The van der Waals surface area contributed by atoms with Crippen molar-refractivity contribution in [3.05, 3.63) is 29.6 Å². The molecule has 0 radical (unpaired) electrons. The Hall–Kier alpha value is -1.97. The molecule has 0 aliphatic carbocycles. The molecule has 0 aliphatic heterocycles. The van der Waals surface area contributed by atoms with E-state index in [9.17, 15) is 4.79 Å². The molecule has 0 saturated carbocycles. The Morgan fingerprint density at radius 3 is 3.12 bits per heavy atom. The number of nitrogens with zero attached hydrogens (tertiary/aromatic N) is 2. The van der Waals surface area contributed by atoms with E-state index in [4.69, 9.17) is 16.1 Å². The van der Waals surface area contributed by atoms with Gasteiger partial charge in [0, 0.05) is 19.3 Å². The highest BCUT2D eigenvalue weighted by Crippen LogP contribution is 2.00. The molecule has 16 heavy (non-hydrogen) atoms. The second-order valence-corrected chi connectivity index (χ2v) is 3.21. The third kappa shape index (κ3) is 3.65. The number of aliphatic hydroxyl groups is 1. The SMILES string of the molecule is N#Cc1cc(CNCC(O)C(N)=O)ccn1. The van der Waals surface area contributed by atoms with Gasteiger partial charge in [-0.1, -0.05) is 0 Å². The molecule has 1 atom stereocenters. The van der Waals surface area contributed by atoms with Crippen molar-refractivity contribution in [1.82, 2.24) is 10.3 Å². The summed E-state index contributed by atoms with van der Waals surface area (Å²) in [5, 5.41) is 20.6. The lowest BCUT2D eigenvalue weighted by Gasteiger charge is -2.08. The molecule has 0 aromatic carbocycles. The maximum atomic E-state index is 10.5. The van der Waals surface area contributed by atoms with E-state index < -0.39 is 12.0 Å². The first-order chi connectivity index (χ1) is 7.63. The molecular formula is C10H12N4O2. The summed E-state index contributed by atoms with van der Waals surface area (Å²) in [5.74, 6) is -0.764. The van der Waals surface area contributed by atoms with Gasteiger partial charge in [-0.2, -0.15) is 5.26 Å². The number of pyridine rings is 1. The maximum absolute atomic E-state index is 10.5. The monoisotopic (exact) mass is 220 g/mol. The molecule has 1 aromatic rings. The van der Waals surface area contributed by atoms with Crippen molar-refractivity contribution in [2.45, 2.75) is 12.6 Å². The summed E-state index contributed by atoms with van der Waals surface area (Å²) in [6, 6.07) is 5.29. The third-order valence-electron chi connectivity index (χ3n) is 1.93. The number of carbonyl (C=O) groups is 1. The van der Waals surface area contributed by atoms with Crippen LogP contribution in [0.5, 0.6) is 0 Å². The smallest absolute Gasteiger partial charge is 0.247 e. The van der Waals surface area contributed by atoms with E-state index in [0.717, 1.165) is 5.56 Å². The summed E-state index contributed by atoms with van der Waals surface area (Å²) in [6.45, 7) is 0.515. The number of rotatable bonds is 5. The Bertz CT molecular complexity index is 414. The fourth-order valence-corrected chi connectivity index (χ4v) is 1.10. The summed E-state index contributed by atoms with van der Waals surface area (Å²) in [7, 11) is 0. The number of hydrogen-bond donors (Lipinski definition) is 3. The normalized spacial score (nSPS) is 11.8. The maximum Gasteiger partial charge on any atom is 0.247 e. The van der Waals surface area contributed by atoms with Gasteiger partial charge in [0.1, 0.15) is 17.9 Å². The van der Waals surface area contributed by atoms with Crippen LogP contribution in [0.4, 0.5) is 0 Å². The highest BCUT2D eigenvalue weighted by atomic mass is 16.3. The number of aromatic nitrogens is 1. The molecule has 0 spiro atoms. The second-order valence-electron chi connectivity index (χ2n) is 3.21. The summed E-state index contributed by atoms with van der Waals surface area (Å²) in [6.07, 6.45) is 0.331. The minimum absolute atomic E-state index is 0.0829. The quantitative estimate of drug-likeness (QED) is 0.582. The standard InChI is InChI=1S/C10H12N4O2/c11-4-8-3-7(1-2-14-8)5-13-6-9(15)10(12)16/h1-3,9,13,15H,5-6H2,(H2,12,16). The van der Waals surface area contributed by atoms with Crippen molar-refractivity contribution >= 4 is 5.91 Å². The van der Waals surface area contributed by atoms with Crippen molar-refractivity contribution in [1.29, 1.82) is 5.26 Å². The van der Waals surface area contributed by atoms with Crippen LogP contribution in [0.25, 0.3) is 0 Å². The molecule has 4 N–H and O–H groups in total. The van der Waals surface area contributed by atoms with Gasteiger partial charge in [-0.3, -0.25) is 4.79 Å². The topological polar surface area (TPSA) is 112 Å². The molecule has 1 rings (SSSR count). The van der Waals surface area contributed by atoms with Crippen molar-refractivity contribution in [3.63, 3.8) is 0 Å². The molecule has 0 bridgehead atoms. The zero-order valence-corrected chi connectivity index (χ0v) is 8.55. The van der Waals surface area contributed by atoms with Crippen LogP contribution >= 0.6 is 0 Å². The Morgan fingerprint density at radius 1 is 1.75 bits per heavy atom. The van der Waals surface area contributed by atoms with E-state index in [-0.39, 0.29) is 6.54 Å². The molecule has 84 valence electrons. The van der Waals surface area contributed by atoms with Crippen molar-refractivity contribution in [2.75, 3.05) is 6.54 Å². The van der Waals surface area contributed by atoms with Crippen LogP contribution in [0.3, 0.4) is 0 Å². The predicted octanol–water partition coefficient (Wildman–Crippen LogP) is -1.11. The Morgan fingerprint density at radius 2 is 2.50 bits per heavy atom. The number of nitriles is 1. The molecule has 0 aliphatic rings. The molecule has 1 aromatic heterocycles. The number of primary amides is 1. The van der Waals surface area contributed by atoms with Crippen molar-refractivity contribution in [2.24, 2.45) is 5.73 Å². The van der Waals surface area contributed by atoms with Crippen molar-refractivity contribution < 1.29 is 9.90 Å². The zero-order valence-electron chi connectivity index (χ0n) is 8.55. The van der Waals surface area contributed by atoms with Gasteiger partial charge in [-0.05, 0) is 17.7 Å². The molecule has 1 heterocycles. The summed E-state index contributed by atoms with van der Waals surface area (Å²) in [5.41, 5.74) is 6.06. The number of nitrogens with one attached hydrogen (secondary N) is 1. The van der Waals surface area contributed by atoms with E-state index in [0.29, 0.717) is 12.2 Å². The molecular weight excluding hydrogens is 208 g/mol. The highest BCUT2D eigenvalue weighted by Gasteiger charge is 2.09. The highest BCUT2D eigenvalue weighted by molar-refractivity contribution is 5.78. The van der Waals surface area contributed by atoms with Crippen LogP contribution in [-0.4, -0.2) is 28.6 Å². The van der Waals surface area contributed by atoms with Gasteiger partial charge < -0.3 is 16.2 Å². The second kappa shape index (κ2) is 5.80. The molecule has 0 saturated heterocycles.